The highest BCUT2D eigenvalue weighted by molar-refractivity contribution is 7.85. The van der Waals surface area contributed by atoms with E-state index in [1.807, 2.05) is 0 Å². The maximum Gasteiger partial charge on any atom is 0.264 e. The van der Waals surface area contributed by atoms with E-state index in [1.165, 1.54) is 12.1 Å². The predicted octanol–water partition coefficient (Wildman–Crippen LogP) is 0.884. The summed E-state index contributed by atoms with van der Waals surface area (Å²) in [7, 11) is -3.48. The zero-order chi connectivity index (χ0) is 10.8. The Balaban J connectivity index is 2.74. The molecule has 0 spiro atoms. The summed E-state index contributed by atoms with van der Waals surface area (Å²) in [5, 5.41) is 0. The van der Waals surface area contributed by atoms with Crippen molar-refractivity contribution in [3.05, 3.63) is 29.6 Å². The molecule has 78 valence electrons. The molecule has 0 radical (unpaired) electrons. The molecule has 6 heteroatoms. The molecule has 1 aromatic rings. The van der Waals surface area contributed by atoms with Gasteiger partial charge in [0.2, 0.25) is 0 Å². The molecule has 1 aromatic carbocycles. The van der Waals surface area contributed by atoms with Gasteiger partial charge in [-0.15, -0.1) is 0 Å². The van der Waals surface area contributed by atoms with Crippen LogP contribution in [-0.2, 0) is 20.9 Å². The highest BCUT2D eigenvalue weighted by Gasteiger charge is 2.04. The molecule has 0 fully saturated rings. The Labute approximate surface area is 81.6 Å². The molecule has 4 nitrogen and oxygen atoms in total. The third-order valence-corrected chi connectivity index (χ3v) is 2.05. The van der Waals surface area contributed by atoms with Crippen LogP contribution in [0.25, 0.3) is 0 Å². The van der Waals surface area contributed by atoms with Crippen LogP contribution in [0.1, 0.15) is 5.56 Å². The van der Waals surface area contributed by atoms with E-state index in [9.17, 15) is 12.8 Å². The van der Waals surface area contributed by atoms with Crippen LogP contribution in [0.4, 0.5) is 10.1 Å². The first-order valence-corrected chi connectivity index (χ1v) is 5.58. The summed E-state index contributed by atoms with van der Waals surface area (Å²) in [5.41, 5.74) is 5.76. The normalized spacial score (nSPS) is 11.6. The molecule has 0 aromatic heterocycles. The van der Waals surface area contributed by atoms with Crippen molar-refractivity contribution < 1.29 is 17.0 Å². The van der Waals surface area contributed by atoms with E-state index in [4.69, 9.17) is 5.73 Å². The monoisotopic (exact) mass is 219 g/mol. The van der Waals surface area contributed by atoms with Gasteiger partial charge in [0.15, 0.2) is 0 Å². The summed E-state index contributed by atoms with van der Waals surface area (Å²) in [6, 6.07) is 3.91. The molecular formula is C8H10FNO3S. The molecule has 0 saturated heterocycles. The highest BCUT2D eigenvalue weighted by Crippen LogP contribution is 2.13. The number of hydrogen-bond donors (Lipinski definition) is 1. The first-order valence-electron chi connectivity index (χ1n) is 3.77. The van der Waals surface area contributed by atoms with Crippen molar-refractivity contribution >= 4 is 15.8 Å². The quantitative estimate of drug-likeness (QED) is 0.605. The largest absolute Gasteiger partial charge is 0.396 e. The summed E-state index contributed by atoms with van der Waals surface area (Å²) in [6.07, 6.45) is 0.944. The predicted molar refractivity (Wildman–Crippen MR) is 50.4 cm³/mol. The van der Waals surface area contributed by atoms with Gasteiger partial charge >= 0.3 is 0 Å². The first-order chi connectivity index (χ1) is 6.38. The molecule has 0 heterocycles. The van der Waals surface area contributed by atoms with Crippen molar-refractivity contribution in [1.82, 2.24) is 0 Å². The molecular weight excluding hydrogens is 209 g/mol. The summed E-state index contributed by atoms with van der Waals surface area (Å²) < 4.78 is 38.5. The van der Waals surface area contributed by atoms with E-state index in [-0.39, 0.29) is 12.3 Å². The van der Waals surface area contributed by atoms with Gasteiger partial charge in [0.1, 0.15) is 5.82 Å². The zero-order valence-corrected chi connectivity index (χ0v) is 8.34. The lowest BCUT2D eigenvalue weighted by molar-refractivity contribution is 0.311. The van der Waals surface area contributed by atoms with Crippen LogP contribution in [-0.4, -0.2) is 14.7 Å². The number of hydrogen-bond acceptors (Lipinski definition) is 4. The minimum Gasteiger partial charge on any atom is -0.396 e. The van der Waals surface area contributed by atoms with E-state index in [2.05, 4.69) is 4.18 Å². The molecule has 0 unspecified atom stereocenters. The number of rotatable bonds is 3. The molecule has 0 bridgehead atoms. The van der Waals surface area contributed by atoms with Crippen LogP contribution in [0, 0.1) is 5.82 Å². The molecule has 2 N–H and O–H groups in total. The van der Waals surface area contributed by atoms with Gasteiger partial charge in [-0.3, -0.25) is 4.18 Å². The van der Waals surface area contributed by atoms with Crippen molar-refractivity contribution in [3.63, 3.8) is 0 Å². The minimum atomic E-state index is -3.48. The smallest absolute Gasteiger partial charge is 0.264 e. The maximum atomic E-state index is 12.7. The molecule has 1 rings (SSSR count). The van der Waals surface area contributed by atoms with E-state index in [0.29, 0.717) is 5.56 Å². The molecule has 0 aliphatic heterocycles. The maximum absolute atomic E-state index is 12.7. The molecule has 0 aliphatic carbocycles. The van der Waals surface area contributed by atoms with Crippen LogP contribution < -0.4 is 5.73 Å². The van der Waals surface area contributed by atoms with Gasteiger partial charge in [0, 0.05) is 0 Å². The van der Waals surface area contributed by atoms with Gasteiger partial charge in [-0.25, -0.2) is 4.39 Å². The average Bonchev–Trinajstić information content (AvgIpc) is 2.06. The van der Waals surface area contributed by atoms with Crippen LogP contribution >= 0.6 is 0 Å². The van der Waals surface area contributed by atoms with Crippen LogP contribution in [0.3, 0.4) is 0 Å². The van der Waals surface area contributed by atoms with Gasteiger partial charge in [0.05, 0.1) is 18.6 Å². The van der Waals surface area contributed by atoms with Crippen LogP contribution in [0.2, 0.25) is 0 Å². The Hall–Kier alpha value is -1.14. The molecule has 0 aliphatic rings. The first kappa shape index (κ1) is 10.9. The minimum absolute atomic E-state index is 0.0281. The van der Waals surface area contributed by atoms with E-state index >= 15 is 0 Å². The topological polar surface area (TPSA) is 69.4 Å². The van der Waals surface area contributed by atoms with Crippen LogP contribution in [0.5, 0.6) is 0 Å². The summed E-state index contributed by atoms with van der Waals surface area (Å²) in [4.78, 5) is 0. The van der Waals surface area contributed by atoms with Gasteiger partial charge in [-0.05, 0) is 17.7 Å². The summed E-state index contributed by atoms with van der Waals surface area (Å²) >= 11 is 0. The van der Waals surface area contributed by atoms with Crippen molar-refractivity contribution in [2.75, 3.05) is 12.0 Å². The number of benzene rings is 1. The third-order valence-electron chi connectivity index (χ3n) is 1.50. The third kappa shape index (κ3) is 3.31. The Morgan fingerprint density at radius 3 is 2.64 bits per heavy atom. The molecule has 0 saturated carbocycles. The van der Waals surface area contributed by atoms with Gasteiger partial charge in [0.25, 0.3) is 10.1 Å². The van der Waals surface area contributed by atoms with Crippen molar-refractivity contribution in [3.8, 4) is 0 Å². The van der Waals surface area contributed by atoms with Crippen molar-refractivity contribution in [2.45, 2.75) is 6.61 Å². The average molecular weight is 219 g/mol. The number of nitrogen functional groups attached to an aromatic ring is 1. The van der Waals surface area contributed by atoms with Gasteiger partial charge in [-0.2, -0.15) is 8.42 Å². The fraction of sp³-hybridized carbons (Fsp3) is 0.250. The van der Waals surface area contributed by atoms with Crippen molar-refractivity contribution in [2.24, 2.45) is 0 Å². The number of anilines is 1. The lowest BCUT2D eigenvalue weighted by Gasteiger charge is -2.03. The zero-order valence-electron chi connectivity index (χ0n) is 7.53. The standard InChI is InChI=1S/C8H10FNO3S/c1-14(11,12)13-5-6-2-3-7(9)8(10)4-6/h2-4H,5,10H2,1H3. The highest BCUT2D eigenvalue weighted by atomic mass is 32.2. The van der Waals surface area contributed by atoms with E-state index < -0.39 is 15.9 Å². The second-order valence-electron chi connectivity index (χ2n) is 2.82. The van der Waals surface area contributed by atoms with E-state index in [0.717, 1.165) is 12.3 Å². The Kier molecular flexibility index (Phi) is 3.07. The lowest BCUT2D eigenvalue weighted by Crippen LogP contribution is -2.03. The van der Waals surface area contributed by atoms with Crippen molar-refractivity contribution in [1.29, 1.82) is 0 Å². The van der Waals surface area contributed by atoms with Crippen LogP contribution in [0.15, 0.2) is 18.2 Å². The second kappa shape index (κ2) is 3.93. The van der Waals surface area contributed by atoms with Gasteiger partial charge in [-0.1, -0.05) is 6.07 Å². The molecule has 0 amide bonds. The summed E-state index contributed by atoms with van der Waals surface area (Å²) in [5.74, 6) is -0.534. The Morgan fingerprint density at radius 1 is 1.50 bits per heavy atom. The van der Waals surface area contributed by atoms with E-state index in [1.54, 1.807) is 0 Å². The second-order valence-corrected chi connectivity index (χ2v) is 4.47. The van der Waals surface area contributed by atoms with Gasteiger partial charge < -0.3 is 5.73 Å². The molecule has 14 heavy (non-hydrogen) atoms. The Bertz CT molecular complexity index is 430. The Morgan fingerprint density at radius 2 is 2.14 bits per heavy atom. The molecule has 0 atom stereocenters. The fourth-order valence-electron chi connectivity index (χ4n) is 0.858. The fourth-order valence-corrected chi connectivity index (χ4v) is 1.21. The summed E-state index contributed by atoms with van der Waals surface area (Å²) in [6.45, 7) is -0.136. The lowest BCUT2D eigenvalue weighted by atomic mass is 10.2. The number of nitrogens with two attached hydrogens (primary N) is 1. The SMILES string of the molecule is CS(=O)(=O)OCc1ccc(F)c(N)c1. The number of halogens is 1.